The Kier molecular flexibility index (Phi) is 7.38. The van der Waals surface area contributed by atoms with Crippen LogP contribution in [0.4, 0.5) is 10.1 Å². The van der Waals surface area contributed by atoms with Gasteiger partial charge >= 0.3 is 0 Å². The van der Waals surface area contributed by atoms with Crippen molar-refractivity contribution in [1.82, 2.24) is 0 Å². The molecular weight excluding hydrogens is 273 g/mol. The molecule has 1 unspecified atom stereocenters. The van der Waals surface area contributed by atoms with E-state index >= 15 is 0 Å². The highest BCUT2D eigenvalue weighted by Crippen LogP contribution is 2.32. The minimum absolute atomic E-state index is 0.627. The second-order valence-corrected chi connectivity index (χ2v) is 7.02. The monoisotopic (exact) mass is 307 g/mol. The van der Waals surface area contributed by atoms with Gasteiger partial charge in [-0.15, -0.1) is 0 Å². The molecule has 0 aliphatic carbocycles. The summed E-state index contributed by atoms with van der Waals surface area (Å²) in [4.78, 5) is 2.47. The second-order valence-electron chi connectivity index (χ2n) is 7.02. The van der Waals surface area contributed by atoms with Crippen molar-refractivity contribution in [1.29, 1.82) is 0 Å². The summed E-state index contributed by atoms with van der Waals surface area (Å²) in [7, 11) is 0. The van der Waals surface area contributed by atoms with Crippen LogP contribution >= 0.6 is 0 Å². The average Bonchev–Trinajstić information content (AvgIpc) is 2.46. The van der Waals surface area contributed by atoms with E-state index in [1.807, 2.05) is 6.07 Å². The molecule has 0 aromatic heterocycles. The van der Waals surface area contributed by atoms with Gasteiger partial charge < -0.3 is 4.90 Å². The lowest BCUT2D eigenvalue weighted by molar-refractivity contribution is 0.221. The molecule has 1 nitrogen and oxygen atoms in total. The van der Waals surface area contributed by atoms with Crippen LogP contribution in [0.2, 0.25) is 0 Å². The van der Waals surface area contributed by atoms with Crippen LogP contribution in [0, 0.1) is 5.92 Å². The molecule has 0 bridgehead atoms. The fraction of sp³-hybridized carbons (Fsp3) is 0.700. The molecule has 126 valence electrons. The molecule has 0 fully saturated rings. The Morgan fingerprint density at radius 1 is 1.09 bits per heavy atom. The van der Waals surface area contributed by atoms with Gasteiger partial charge in [0.15, 0.2) is 0 Å². The zero-order chi connectivity index (χ0) is 16.8. The first kappa shape index (κ1) is 19.0. The molecule has 22 heavy (non-hydrogen) atoms. The number of halogens is 1. The number of hydrogen-bond acceptors (Lipinski definition) is 1. The predicted molar refractivity (Wildman–Crippen MR) is 96.5 cm³/mol. The third-order valence-corrected chi connectivity index (χ3v) is 4.36. The van der Waals surface area contributed by atoms with Gasteiger partial charge in [-0.25, -0.2) is 4.39 Å². The van der Waals surface area contributed by atoms with Gasteiger partial charge in [0.25, 0.3) is 0 Å². The van der Waals surface area contributed by atoms with Gasteiger partial charge in [0, 0.05) is 18.8 Å². The zero-order valence-corrected chi connectivity index (χ0v) is 15.4. The minimum atomic E-state index is -1.27. The lowest BCUT2D eigenvalue weighted by Gasteiger charge is -2.29. The summed E-state index contributed by atoms with van der Waals surface area (Å²) in [6, 6.07) is 6.20. The van der Waals surface area contributed by atoms with Crippen molar-refractivity contribution in [2.45, 2.75) is 72.9 Å². The molecule has 1 aromatic carbocycles. The van der Waals surface area contributed by atoms with E-state index < -0.39 is 5.67 Å². The van der Waals surface area contributed by atoms with Crippen molar-refractivity contribution >= 4 is 5.69 Å². The van der Waals surface area contributed by atoms with Crippen LogP contribution in [0.15, 0.2) is 18.2 Å². The number of hydrogen-bond donors (Lipinski definition) is 0. The molecule has 1 aromatic rings. The molecule has 0 aliphatic rings. The van der Waals surface area contributed by atoms with E-state index in [4.69, 9.17) is 0 Å². The van der Waals surface area contributed by atoms with Crippen molar-refractivity contribution in [2.24, 2.45) is 5.92 Å². The topological polar surface area (TPSA) is 3.24 Å². The molecule has 0 aliphatic heterocycles. The maximum absolute atomic E-state index is 14.3. The summed E-state index contributed by atoms with van der Waals surface area (Å²) in [5.41, 5.74) is 2.13. The zero-order valence-electron chi connectivity index (χ0n) is 15.4. The highest BCUT2D eigenvalue weighted by Gasteiger charge is 2.21. The molecule has 0 saturated heterocycles. The molecule has 0 spiro atoms. The van der Waals surface area contributed by atoms with Crippen molar-refractivity contribution < 1.29 is 4.39 Å². The fourth-order valence-corrected chi connectivity index (χ4v) is 2.84. The maximum Gasteiger partial charge on any atom is 0.130 e. The third-order valence-electron chi connectivity index (χ3n) is 4.36. The van der Waals surface area contributed by atoms with E-state index in [9.17, 15) is 4.39 Å². The summed E-state index contributed by atoms with van der Waals surface area (Å²) in [5.74, 6) is 0.627. The van der Waals surface area contributed by atoms with Gasteiger partial charge in [-0.05, 0) is 56.2 Å². The predicted octanol–water partition coefficient (Wildman–Crippen LogP) is 6.11. The average molecular weight is 307 g/mol. The van der Waals surface area contributed by atoms with Gasteiger partial charge in [-0.1, -0.05) is 46.2 Å². The first-order valence-corrected chi connectivity index (χ1v) is 8.90. The van der Waals surface area contributed by atoms with Crippen molar-refractivity contribution in [3.05, 3.63) is 29.3 Å². The van der Waals surface area contributed by atoms with Crippen LogP contribution in [0.1, 0.15) is 71.9 Å². The van der Waals surface area contributed by atoms with Crippen LogP contribution in [0.3, 0.4) is 0 Å². The van der Waals surface area contributed by atoms with Crippen LogP contribution < -0.4 is 4.90 Å². The Morgan fingerprint density at radius 3 is 2.14 bits per heavy atom. The number of anilines is 1. The summed E-state index contributed by atoms with van der Waals surface area (Å²) < 4.78 is 14.3. The van der Waals surface area contributed by atoms with E-state index in [1.165, 1.54) is 11.3 Å². The van der Waals surface area contributed by atoms with Crippen molar-refractivity contribution in [2.75, 3.05) is 18.0 Å². The Balaban J connectivity index is 3.23. The van der Waals surface area contributed by atoms with E-state index in [2.05, 4.69) is 44.7 Å². The number of nitrogens with zero attached hydrogens (tertiary/aromatic N) is 1. The van der Waals surface area contributed by atoms with Gasteiger partial charge in [-0.3, -0.25) is 0 Å². The Morgan fingerprint density at radius 2 is 1.68 bits per heavy atom. The summed E-state index contributed by atoms with van der Waals surface area (Å²) in [6.07, 6.45) is 4.46. The van der Waals surface area contributed by atoms with Crippen LogP contribution in [0.25, 0.3) is 0 Å². The Bertz CT molecular complexity index is 442. The molecule has 0 N–H and O–H groups in total. The van der Waals surface area contributed by atoms with Crippen molar-refractivity contribution in [3.63, 3.8) is 0 Å². The SMILES string of the molecule is CCCN(CCC)c1ccc(C(C)(C)F)cc1CC(C)CC. The summed E-state index contributed by atoms with van der Waals surface area (Å²) in [6.45, 7) is 14.4. The standard InChI is InChI=1S/C20H34FN/c1-7-12-22(13-8-2)19-11-10-18(20(5,6)21)15-17(19)14-16(4)9-3/h10-11,15-16H,7-9,12-14H2,1-6H3. The molecule has 0 heterocycles. The van der Waals surface area contributed by atoms with Gasteiger partial charge in [0.2, 0.25) is 0 Å². The second kappa shape index (κ2) is 8.55. The van der Waals surface area contributed by atoms with E-state index in [0.717, 1.165) is 44.3 Å². The number of alkyl halides is 1. The largest absolute Gasteiger partial charge is 0.371 e. The highest BCUT2D eigenvalue weighted by atomic mass is 19.1. The molecule has 0 amide bonds. The van der Waals surface area contributed by atoms with Gasteiger partial charge in [-0.2, -0.15) is 0 Å². The van der Waals surface area contributed by atoms with Crippen molar-refractivity contribution in [3.8, 4) is 0 Å². The van der Waals surface area contributed by atoms with Gasteiger partial charge in [0.05, 0.1) is 0 Å². The normalized spacial score (nSPS) is 13.2. The number of benzene rings is 1. The molecule has 1 rings (SSSR count). The quantitative estimate of drug-likeness (QED) is 0.532. The van der Waals surface area contributed by atoms with E-state index in [0.29, 0.717) is 5.92 Å². The van der Waals surface area contributed by atoms with E-state index in [-0.39, 0.29) is 0 Å². The van der Waals surface area contributed by atoms with Crippen LogP contribution in [-0.2, 0) is 12.1 Å². The Labute approximate surface area is 136 Å². The first-order chi connectivity index (χ1) is 10.3. The molecular formula is C20H34FN. The molecule has 0 radical (unpaired) electrons. The third kappa shape index (κ3) is 5.30. The van der Waals surface area contributed by atoms with E-state index in [1.54, 1.807) is 13.8 Å². The first-order valence-electron chi connectivity index (χ1n) is 8.90. The molecule has 1 atom stereocenters. The lowest BCUT2D eigenvalue weighted by Crippen LogP contribution is -2.26. The molecule has 2 heteroatoms. The smallest absolute Gasteiger partial charge is 0.130 e. The fourth-order valence-electron chi connectivity index (χ4n) is 2.84. The summed E-state index contributed by atoms with van der Waals surface area (Å²) in [5, 5.41) is 0. The molecule has 0 saturated carbocycles. The highest BCUT2D eigenvalue weighted by molar-refractivity contribution is 5.56. The summed E-state index contributed by atoms with van der Waals surface area (Å²) >= 11 is 0. The number of rotatable bonds is 9. The van der Waals surface area contributed by atoms with Gasteiger partial charge in [0.1, 0.15) is 5.67 Å². The Hall–Kier alpha value is -1.05. The van der Waals surface area contributed by atoms with Crippen LogP contribution in [-0.4, -0.2) is 13.1 Å². The van der Waals surface area contributed by atoms with Crippen LogP contribution in [0.5, 0.6) is 0 Å². The maximum atomic E-state index is 14.3. The minimum Gasteiger partial charge on any atom is -0.371 e. The lowest BCUT2D eigenvalue weighted by atomic mass is 9.91.